The fourth-order valence-corrected chi connectivity index (χ4v) is 3.33. The molecule has 4 heteroatoms. The van der Waals surface area contributed by atoms with Gasteiger partial charge in [0.05, 0.1) is 15.6 Å². The molecule has 90 valence electrons. The maximum absolute atomic E-state index is 5.68. The number of benzene rings is 1. The third-order valence-electron chi connectivity index (χ3n) is 2.66. The van der Waals surface area contributed by atoms with Gasteiger partial charge in [0.15, 0.2) is 0 Å². The Bertz CT molecular complexity index is 624. The molecule has 0 amide bonds. The zero-order chi connectivity index (χ0) is 12.4. The van der Waals surface area contributed by atoms with Crippen molar-refractivity contribution >= 4 is 28.4 Å². The number of nitrogens with zero attached hydrogens (tertiary/aromatic N) is 1. The molecule has 2 N–H and O–H groups in total. The average molecular weight is 272 g/mol. The van der Waals surface area contributed by atoms with Gasteiger partial charge in [-0.3, -0.25) is 0 Å². The second-order valence-corrected chi connectivity index (χ2v) is 5.91. The van der Waals surface area contributed by atoms with E-state index in [0.717, 1.165) is 22.8 Å². The van der Waals surface area contributed by atoms with Crippen molar-refractivity contribution in [2.45, 2.75) is 6.42 Å². The highest BCUT2D eigenvalue weighted by atomic mass is 32.1. The van der Waals surface area contributed by atoms with Crippen molar-refractivity contribution in [3.05, 3.63) is 57.7 Å². The van der Waals surface area contributed by atoms with Crippen LogP contribution in [0.25, 0.3) is 10.6 Å². The third kappa shape index (κ3) is 2.44. The first kappa shape index (κ1) is 11.4. The summed E-state index contributed by atoms with van der Waals surface area (Å²) in [5.41, 5.74) is 8.81. The van der Waals surface area contributed by atoms with Gasteiger partial charge in [0, 0.05) is 17.5 Å². The summed E-state index contributed by atoms with van der Waals surface area (Å²) in [4.78, 5) is 5.90. The third-order valence-corrected chi connectivity index (χ3v) is 4.40. The van der Waals surface area contributed by atoms with Crippen LogP contribution in [0.2, 0.25) is 0 Å². The Morgan fingerprint density at radius 1 is 1.06 bits per heavy atom. The molecule has 0 aliphatic rings. The van der Waals surface area contributed by atoms with E-state index in [0.29, 0.717) is 0 Å². The number of rotatable bonds is 3. The summed E-state index contributed by atoms with van der Waals surface area (Å²) in [7, 11) is 0. The van der Waals surface area contributed by atoms with Crippen molar-refractivity contribution in [2.75, 3.05) is 5.73 Å². The molecular weight excluding hydrogens is 260 g/mol. The van der Waals surface area contributed by atoms with E-state index in [-0.39, 0.29) is 0 Å². The Labute approximate surface area is 114 Å². The van der Waals surface area contributed by atoms with E-state index in [1.54, 1.807) is 22.7 Å². The standard InChI is InChI=1S/C14H12N2S2/c15-11-5-3-10(4-6-11)8-14-16-12(9-18-14)13-2-1-7-17-13/h1-7,9H,8,15H2. The zero-order valence-electron chi connectivity index (χ0n) is 9.67. The molecular formula is C14H12N2S2. The van der Waals surface area contributed by atoms with Crippen LogP contribution >= 0.6 is 22.7 Å². The van der Waals surface area contributed by atoms with Gasteiger partial charge < -0.3 is 5.73 Å². The van der Waals surface area contributed by atoms with Crippen LogP contribution in [-0.2, 0) is 6.42 Å². The Hall–Kier alpha value is -1.65. The maximum atomic E-state index is 5.68. The fraction of sp³-hybridized carbons (Fsp3) is 0.0714. The molecule has 0 unspecified atom stereocenters. The normalized spacial score (nSPS) is 10.7. The number of hydrogen-bond acceptors (Lipinski definition) is 4. The van der Waals surface area contributed by atoms with Gasteiger partial charge in [-0.1, -0.05) is 18.2 Å². The highest BCUT2D eigenvalue weighted by Crippen LogP contribution is 2.27. The second-order valence-electron chi connectivity index (χ2n) is 4.02. The molecule has 3 aromatic rings. The molecule has 0 fully saturated rings. The summed E-state index contributed by atoms with van der Waals surface area (Å²) in [6.45, 7) is 0. The Morgan fingerprint density at radius 3 is 2.61 bits per heavy atom. The van der Waals surface area contributed by atoms with Gasteiger partial charge in [-0.05, 0) is 29.1 Å². The van der Waals surface area contributed by atoms with Gasteiger partial charge in [0.2, 0.25) is 0 Å². The van der Waals surface area contributed by atoms with E-state index in [1.807, 2.05) is 12.1 Å². The van der Waals surface area contributed by atoms with Crippen LogP contribution in [0.5, 0.6) is 0 Å². The molecule has 0 saturated carbocycles. The van der Waals surface area contributed by atoms with Crippen LogP contribution in [0.15, 0.2) is 47.2 Å². The van der Waals surface area contributed by atoms with Gasteiger partial charge in [0.25, 0.3) is 0 Å². The molecule has 1 aromatic carbocycles. The predicted molar refractivity (Wildman–Crippen MR) is 79.1 cm³/mol. The lowest BCUT2D eigenvalue weighted by molar-refractivity contribution is 1.14. The SMILES string of the molecule is Nc1ccc(Cc2nc(-c3cccs3)cs2)cc1. The monoisotopic (exact) mass is 272 g/mol. The molecule has 2 aromatic heterocycles. The number of nitrogen functional groups attached to an aromatic ring is 1. The molecule has 3 rings (SSSR count). The van der Waals surface area contributed by atoms with Crippen molar-refractivity contribution in [2.24, 2.45) is 0 Å². The quantitative estimate of drug-likeness (QED) is 0.731. The van der Waals surface area contributed by atoms with Crippen LogP contribution in [0.3, 0.4) is 0 Å². The lowest BCUT2D eigenvalue weighted by Gasteiger charge is -1.98. The van der Waals surface area contributed by atoms with Crippen molar-refractivity contribution < 1.29 is 0 Å². The van der Waals surface area contributed by atoms with Crippen molar-refractivity contribution in [3.63, 3.8) is 0 Å². The largest absolute Gasteiger partial charge is 0.399 e. The highest BCUT2D eigenvalue weighted by Gasteiger charge is 2.06. The first-order valence-electron chi connectivity index (χ1n) is 5.64. The Kier molecular flexibility index (Phi) is 3.13. The van der Waals surface area contributed by atoms with Gasteiger partial charge >= 0.3 is 0 Å². The molecule has 0 aliphatic carbocycles. The lowest BCUT2D eigenvalue weighted by Crippen LogP contribution is -1.89. The van der Waals surface area contributed by atoms with Crippen molar-refractivity contribution in [3.8, 4) is 10.6 Å². The summed E-state index contributed by atoms with van der Waals surface area (Å²) in [5.74, 6) is 0. The number of hydrogen-bond donors (Lipinski definition) is 1. The van der Waals surface area contributed by atoms with Crippen LogP contribution in [0.4, 0.5) is 5.69 Å². The van der Waals surface area contributed by atoms with Crippen LogP contribution in [-0.4, -0.2) is 4.98 Å². The summed E-state index contributed by atoms with van der Waals surface area (Å²) < 4.78 is 0. The summed E-state index contributed by atoms with van der Waals surface area (Å²) in [5, 5.41) is 5.34. The Morgan fingerprint density at radius 2 is 1.89 bits per heavy atom. The van der Waals surface area contributed by atoms with E-state index in [9.17, 15) is 0 Å². The van der Waals surface area contributed by atoms with Gasteiger partial charge in [-0.25, -0.2) is 4.98 Å². The van der Waals surface area contributed by atoms with Gasteiger partial charge in [0.1, 0.15) is 0 Å². The van der Waals surface area contributed by atoms with Crippen LogP contribution in [0, 0.1) is 0 Å². The molecule has 2 nitrogen and oxygen atoms in total. The zero-order valence-corrected chi connectivity index (χ0v) is 11.3. The number of aromatic nitrogens is 1. The molecule has 2 heterocycles. The molecule has 0 radical (unpaired) electrons. The minimum absolute atomic E-state index is 0.803. The number of nitrogens with two attached hydrogens (primary N) is 1. The van der Waals surface area contributed by atoms with Gasteiger partial charge in [-0.2, -0.15) is 0 Å². The average Bonchev–Trinajstić information content (AvgIpc) is 3.02. The highest BCUT2D eigenvalue weighted by molar-refractivity contribution is 7.14. The fourth-order valence-electron chi connectivity index (χ4n) is 1.74. The van der Waals surface area contributed by atoms with E-state index in [1.165, 1.54) is 10.4 Å². The van der Waals surface area contributed by atoms with E-state index in [4.69, 9.17) is 5.73 Å². The second kappa shape index (κ2) is 4.92. The minimum Gasteiger partial charge on any atom is -0.399 e. The van der Waals surface area contributed by atoms with Crippen molar-refractivity contribution in [1.82, 2.24) is 4.98 Å². The van der Waals surface area contributed by atoms with E-state index in [2.05, 4.69) is 40.0 Å². The summed E-state index contributed by atoms with van der Waals surface area (Å²) in [6.07, 6.45) is 0.871. The Balaban J connectivity index is 1.80. The smallest absolute Gasteiger partial charge is 0.0976 e. The molecule has 0 saturated heterocycles. The first-order chi connectivity index (χ1) is 8.81. The lowest BCUT2D eigenvalue weighted by atomic mass is 10.1. The summed E-state index contributed by atoms with van der Waals surface area (Å²) >= 11 is 3.44. The molecule has 0 atom stereocenters. The predicted octanol–water partition coefficient (Wildman–Crippen LogP) is 4.04. The van der Waals surface area contributed by atoms with Crippen LogP contribution < -0.4 is 5.73 Å². The number of thiophene rings is 1. The van der Waals surface area contributed by atoms with Crippen LogP contribution in [0.1, 0.15) is 10.6 Å². The molecule has 0 spiro atoms. The topological polar surface area (TPSA) is 38.9 Å². The number of anilines is 1. The minimum atomic E-state index is 0.803. The summed E-state index contributed by atoms with van der Waals surface area (Å²) in [6, 6.07) is 12.1. The van der Waals surface area contributed by atoms with Gasteiger partial charge in [-0.15, -0.1) is 22.7 Å². The number of thiazole rings is 1. The van der Waals surface area contributed by atoms with E-state index < -0.39 is 0 Å². The van der Waals surface area contributed by atoms with E-state index >= 15 is 0 Å². The maximum Gasteiger partial charge on any atom is 0.0976 e. The molecule has 18 heavy (non-hydrogen) atoms. The molecule has 0 bridgehead atoms. The first-order valence-corrected chi connectivity index (χ1v) is 7.40. The molecule has 0 aliphatic heterocycles. The van der Waals surface area contributed by atoms with Crippen molar-refractivity contribution in [1.29, 1.82) is 0 Å².